The van der Waals surface area contributed by atoms with Crippen molar-refractivity contribution in [2.45, 2.75) is 32.7 Å². The van der Waals surface area contributed by atoms with E-state index >= 15 is 0 Å². The van der Waals surface area contributed by atoms with E-state index in [4.69, 9.17) is 14.2 Å². The molecule has 5 nitrogen and oxygen atoms in total. The predicted molar refractivity (Wildman–Crippen MR) is 93.3 cm³/mol. The molecular weight excluding hydrogens is 306 g/mol. The largest absolute Gasteiger partial charge is 0.496 e. The Balaban J connectivity index is 2.14. The van der Waals surface area contributed by atoms with Gasteiger partial charge >= 0.3 is 0 Å². The highest BCUT2D eigenvalue weighted by Gasteiger charge is 2.24. The minimum Gasteiger partial charge on any atom is -0.496 e. The molecule has 0 aliphatic carbocycles. The molecule has 0 atom stereocenters. The van der Waals surface area contributed by atoms with Gasteiger partial charge in [-0.25, -0.2) is 0 Å². The minimum atomic E-state index is -0.0467. The monoisotopic (exact) mass is 329 g/mol. The maximum Gasteiger partial charge on any atom is 0.254 e. The topological polar surface area (TPSA) is 49.7 Å². The number of aromatic nitrogens is 1. The van der Waals surface area contributed by atoms with E-state index in [1.165, 1.54) is 0 Å². The van der Waals surface area contributed by atoms with E-state index in [1.807, 2.05) is 18.2 Å². The summed E-state index contributed by atoms with van der Waals surface area (Å²) in [7, 11) is 3.30. The maximum atomic E-state index is 12.5. The number of rotatable bonds is 6. The first-order chi connectivity index (χ1) is 11.7. The summed E-state index contributed by atoms with van der Waals surface area (Å²) in [6.07, 6.45) is 2.75. The highest BCUT2D eigenvalue weighted by Crippen LogP contribution is 2.41. The van der Waals surface area contributed by atoms with E-state index in [1.54, 1.807) is 24.9 Å². The third kappa shape index (κ3) is 2.86. The van der Waals surface area contributed by atoms with E-state index in [0.29, 0.717) is 18.9 Å². The summed E-state index contributed by atoms with van der Waals surface area (Å²) in [5.41, 5.74) is 2.77. The van der Waals surface area contributed by atoms with Crippen molar-refractivity contribution in [3.8, 4) is 28.5 Å². The van der Waals surface area contributed by atoms with Crippen molar-refractivity contribution in [3.63, 3.8) is 0 Å². The van der Waals surface area contributed by atoms with Gasteiger partial charge in [-0.2, -0.15) is 0 Å². The summed E-state index contributed by atoms with van der Waals surface area (Å²) >= 11 is 0. The lowest BCUT2D eigenvalue weighted by molar-refractivity contribution is 0.308. The minimum absolute atomic E-state index is 0.0467. The molecule has 0 amide bonds. The number of unbranched alkanes of at least 4 members (excludes halogenated alkanes) is 1. The van der Waals surface area contributed by atoms with Gasteiger partial charge in [-0.15, -0.1) is 0 Å². The lowest BCUT2D eigenvalue weighted by atomic mass is 9.95. The fourth-order valence-corrected chi connectivity index (χ4v) is 3.15. The first-order valence-corrected chi connectivity index (χ1v) is 8.31. The molecule has 5 heteroatoms. The van der Waals surface area contributed by atoms with Crippen LogP contribution in [0.1, 0.15) is 25.3 Å². The van der Waals surface area contributed by atoms with Crippen LogP contribution < -0.4 is 19.8 Å². The summed E-state index contributed by atoms with van der Waals surface area (Å²) < 4.78 is 18.6. The number of ether oxygens (including phenoxy) is 3. The molecule has 0 spiro atoms. The SMILES string of the molecule is CCCCOc1cc2n(c(=O)c1)CCc1c(OC)ccc(OC)c1-2. The Hall–Kier alpha value is -2.43. The van der Waals surface area contributed by atoms with Crippen molar-refractivity contribution in [1.82, 2.24) is 4.57 Å². The molecule has 0 saturated carbocycles. The zero-order valence-electron chi connectivity index (χ0n) is 14.4. The van der Waals surface area contributed by atoms with Crippen LogP contribution in [0.4, 0.5) is 0 Å². The highest BCUT2D eigenvalue weighted by molar-refractivity contribution is 5.76. The number of nitrogens with zero attached hydrogens (tertiary/aromatic N) is 1. The Labute approximate surface area is 141 Å². The molecule has 0 bridgehead atoms. The van der Waals surface area contributed by atoms with Crippen LogP contribution in [-0.4, -0.2) is 25.4 Å². The summed E-state index contributed by atoms with van der Waals surface area (Å²) in [6, 6.07) is 7.28. The van der Waals surface area contributed by atoms with Crippen LogP contribution in [0.15, 0.2) is 29.1 Å². The number of hydrogen-bond acceptors (Lipinski definition) is 4. The van der Waals surface area contributed by atoms with E-state index in [2.05, 4.69) is 6.92 Å². The molecule has 0 unspecified atom stereocenters. The number of pyridine rings is 1. The standard InChI is InChI=1S/C19H23NO4/c1-4-5-10-24-13-11-15-19-14(8-9-20(15)18(21)12-13)16(22-2)6-7-17(19)23-3/h6-7,11-12H,4-5,8-10H2,1-3H3. The van der Waals surface area contributed by atoms with Crippen molar-refractivity contribution in [2.75, 3.05) is 20.8 Å². The summed E-state index contributed by atoms with van der Waals surface area (Å²) in [6.45, 7) is 3.35. The van der Waals surface area contributed by atoms with Crippen molar-refractivity contribution >= 4 is 0 Å². The zero-order valence-corrected chi connectivity index (χ0v) is 14.4. The maximum absolute atomic E-state index is 12.5. The second-order valence-corrected chi connectivity index (χ2v) is 5.84. The lowest BCUT2D eigenvalue weighted by Gasteiger charge is -2.25. The Morgan fingerprint density at radius 1 is 1.12 bits per heavy atom. The van der Waals surface area contributed by atoms with E-state index < -0.39 is 0 Å². The van der Waals surface area contributed by atoms with Crippen LogP contribution in [0, 0.1) is 0 Å². The van der Waals surface area contributed by atoms with Crippen molar-refractivity contribution in [1.29, 1.82) is 0 Å². The molecule has 1 aromatic heterocycles. The van der Waals surface area contributed by atoms with Gasteiger partial charge in [0.2, 0.25) is 0 Å². The number of methoxy groups -OCH3 is 2. The number of benzene rings is 1. The molecule has 24 heavy (non-hydrogen) atoms. The lowest BCUT2D eigenvalue weighted by Crippen LogP contribution is -2.26. The predicted octanol–water partition coefficient (Wildman–Crippen LogP) is 3.27. The second kappa shape index (κ2) is 6.99. The normalized spacial score (nSPS) is 12.3. The summed E-state index contributed by atoms with van der Waals surface area (Å²) in [4.78, 5) is 12.5. The number of hydrogen-bond donors (Lipinski definition) is 0. The summed E-state index contributed by atoms with van der Waals surface area (Å²) in [5, 5.41) is 0. The quantitative estimate of drug-likeness (QED) is 0.763. The van der Waals surface area contributed by atoms with Crippen LogP contribution in [0.3, 0.4) is 0 Å². The van der Waals surface area contributed by atoms with Crippen LogP contribution >= 0.6 is 0 Å². The number of fused-ring (bicyclic) bond motifs is 3. The fraction of sp³-hybridized carbons (Fsp3) is 0.421. The average Bonchev–Trinajstić information content (AvgIpc) is 2.60. The first-order valence-electron chi connectivity index (χ1n) is 8.31. The molecule has 0 fully saturated rings. The first kappa shape index (κ1) is 16.4. The van der Waals surface area contributed by atoms with Crippen molar-refractivity contribution in [3.05, 3.63) is 40.2 Å². The molecule has 0 saturated heterocycles. The molecule has 2 aromatic rings. The highest BCUT2D eigenvalue weighted by atomic mass is 16.5. The van der Waals surface area contributed by atoms with Gasteiger partial charge in [0.15, 0.2) is 0 Å². The third-order valence-corrected chi connectivity index (χ3v) is 4.38. The molecule has 2 heterocycles. The second-order valence-electron chi connectivity index (χ2n) is 5.84. The van der Waals surface area contributed by atoms with Crippen LogP contribution in [0.2, 0.25) is 0 Å². The van der Waals surface area contributed by atoms with Crippen LogP contribution in [0.25, 0.3) is 11.3 Å². The third-order valence-electron chi connectivity index (χ3n) is 4.38. The molecule has 1 aliphatic rings. The van der Waals surface area contributed by atoms with Gasteiger partial charge in [-0.05, 0) is 25.0 Å². The average molecular weight is 329 g/mol. The molecule has 1 aliphatic heterocycles. The van der Waals surface area contributed by atoms with Gasteiger partial charge in [0.05, 0.1) is 26.5 Å². The summed E-state index contributed by atoms with van der Waals surface area (Å²) in [5.74, 6) is 2.17. The fourth-order valence-electron chi connectivity index (χ4n) is 3.15. The van der Waals surface area contributed by atoms with Crippen molar-refractivity contribution < 1.29 is 14.2 Å². The Morgan fingerprint density at radius 2 is 1.88 bits per heavy atom. The van der Waals surface area contributed by atoms with Gasteiger partial charge < -0.3 is 18.8 Å². The van der Waals surface area contributed by atoms with Gasteiger partial charge in [0.25, 0.3) is 5.56 Å². The van der Waals surface area contributed by atoms with E-state index in [9.17, 15) is 4.79 Å². The molecule has 0 radical (unpaired) electrons. The van der Waals surface area contributed by atoms with Gasteiger partial charge in [0.1, 0.15) is 17.2 Å². The van der Waals surface area contributed by atoms with Crippen molar-refractivity contribution in [2.24, 2.45) is 0 Å². The molecule has 128 valence electrons. The Morgan fingerprint density at radius 3 is 2.58 bits per heavy atom. The van der Waals surface area contributed by atoms with Gasteiger partial charge in [-0.3, -0.25) is 4.79 Å². The molecular formula is C19H23NO4. The van der Waals surface area contributed by atoms with Crippen LogP contribution in [-0.2, 0) is 13.0 Å². The Kier molecular flexibility index (Phi) is 4.79. The van der Waals surface area contributed by atoms with E-state index in [0.717, 1.165) is 47.6 Å². The molecule has 3 rings (SSSR count). The zero-order chi connectivity index (χ0) is 17.1. The van der Waals surface area contributed by atoms with E-state index in [-0.39, 0.29) is 5.56 Å². The molecule has 1 aromatic carbocycles. The van der Waals surface area contributed by atoms with Gasteiger partial charge in [-0.1, -0.05) is 13.3 Å². The van der Waals surface area contributed by atoms with Gasteiger partial charge in [0, 0.05) is 29.8 Å². The molecule has 0 N–H and O–H groups in total. The Bertz CT molecular complexity index is 795. The smallest absolute Gasteiger partial charge is 0.254 e. The van der Waals surface area contributed by atoms with Crippen LogP contribution in [0.5, 0.6) is 17.2 Å².